The Kier molecular flexibility index (Phi) is 6.11. The lowest BCUT2D eigenvalue weighted by Crippen LogP contribution is -2.13. The van der Waals surface area contributed by atoms with Crippen molar-refractivity contribution in [3.63, 3.8) is 0 Å². The Balaban J connectivity index is 1.66. The number of rotatable bonds is 7. The molecule has 4 heterocycles. The Morgan fingerprint density at radius 3 is 2.67 bits per heavy atom. The largest absolute Gasteiger partial charge is 0.481 e. The predicted octanol–water partition coefficient (Wildman–Crippen LogP) is 5.91. The fraction of sp³-hybridized carbons (Fsp3) is 0.192. The van der Waals surface area contributed by atoms with E-state index in [0.29, 0.717) is 5.69 Å². The van der Waals surface area contributed by atoms with E-state index in [9.17, 15) is 9.90 Å². The number of fused-ring (bicyclic) bond motifs is 1. The number of carbonyl (C=O) groups is 1. The molecule has 0 bridgehead atoms. The van der Waals surface area contributed by atoms with Crippen LogP contribution in [-0.2, 0) is 0 Å². The molecule has 36 heavy (non-hydrogen) atoms. The molecule has 5 aromatic rings. The molecular weight excluding hydrogens is 478 g/mol. The predicted molar refractivity (Wildman–Crippen MR) is 138 cm³/mol. The molecule has 0 aliphatic carbocycles. The van der Waals surface area contributed by atoms with Crippen LogP contribution in [-0.4, -0.2) is 37.7 Å². The summed E-state index contributed by atoms with van der Waals surface area (Å²) < 4.78 is 14.6. The third-order valence-electron chi connectivity index (χ3n) is 5.98. The van der Waals surface area contributed by atoms with Crippen LogP contribution in [0.2, 0.25) is 0 Å². The van der Waals surface area contributed by atoms with Crippen LogP contribution in [0, 0.1) is 13.8 Å². The van der Waals surface area contributed by atoms with Crippen molar-refractivity contribution < 1.29 is 19.2 Å². The summed E-state index contributed by atoms with van der Waals surface area (Å²) >= 11 is 1.37. The summed E-state index contributed by atoms with van der Waals surface area (Å²) in [5.41, 5.74) is 7.32. The monoisotopic (exact) mass is 501 g/mol. The molecule has 4 aromatic heterocycles. The number of hydrogen-bond acceptors (Lipinski definition) is 9. The van der Waals surface area contributed by atoms with Crippen LogP contribution < -0.4 is 10.1 Å². The van der Waals surface area contributed by atoms with Gasteiger partial charge in [-0.05, 0) is 61.6 Å². The number of hydrogen-bond donors (Lipinski definition) is 2. The molecule has 0 aliphatic heterocycles. The number of aromatic carboxylic acids is 1. The van der Waals surface area contributed by atoms with Crippen molar-refractivity contribution in [3.8, 4) is 28.3 Å². The van der Waals surface area contributed by atoms with Crippen LogP contribution in [0.5, 0.6) is 5.88 Å². The lowest BCUT2D eigenvalue weighted by molar-refractivity contribution is 0.0690. The first-order chi connectivity index (χ1) is 17.4. The zero-order chi connectivity index (χ0) is 25.4. The molecule has 1 aromatic carbocycles. The molecule has 182 valence electrons. The van der Waals surface area contributed by atoms with Crippen molar-refractivity contribution in [3.05, 3.63) is 70.7 Å². The number of nitrogens with one attached hydrogen (secondary N) is 1. The van der Waals surface area contributed by atoms with Crippen LogP contribution in [0.4, 0.5) is 5.69 Å². The summed E-state index contributed by atoms with van der Waals surface area (Å²) in [6.07, 6.45) is 3.43. The van der Waals surface area contributed by atoms with Gasteiger partial charge >= 0.3 is 5.97 Å². The van der Waals surface area contributed by atoms with E-state index in [0.717, 1.165) is 50.1 Å². The maximum atomic E-state index is 11.8. The minimum absolute atomic E-state index is 0.105. The minimum atomic E-state index is -1.14. The van der Waals surface area contributed by atoms with E-state index in [2.05, 4.69) is 32.0 Å². The SMILES string of the molecule is COc1ccc(NC(C)c2cc(C)cc3nc(-c4conc4C)c(-c4cnsc4)cc23)c(C(=O)O)n1. The van der Waals surface area contributed by atoms with E-state index >= 15 is 0 Å². The number of anilines is 1. The Bertz CT molecular complexity index is 1580. The zero-order valence-corrected chi connectivity index (χ0v) is 20.9. The highest BCUT2D eigenvalue weighted by atomic mass is 32.1. The van der Waals surface area contributed by atoms with Gasteiger partial charge in [0, 0.05) is 40.2 Å². The molecule has 0 aliphatic rings. The molecule has 5 rings (SSSR count). The van der Waals surface area contributed by atoms with Crippen molar-refractivity contribution >= 4 is 34.1 Å². The van der Waals surface area contributed by atoms with Gasteiger partial charge in [-0.15, -0.1) is 0 Å². The maximum Gasteiger partial charge on any atom is 0.356 e. The number of ether oxygens (including phenoxy) is 1. The molecule has 1 atom stereocenters. The van der Waals surface area contributed by atoms with Gasteiger partial charge in [-0.3, -0.25) is 0 Å². The number of carboxylic acid groups (broad SMARTS) is 1. The highest BCUT2D eigenvalue weighted by Gasteiger charge is 2.21. The molecule has 0 amide bonds. The van der Waals surface area contributed by atoms with Gasteiger partial charge in [0.1, 0.15) is 6.26 Å². The second kappa shape index (κ2) is 9.38. The van der Waals surface area contributed by atoms with Crippen LogP contribution in [0.1, 0.15) is 40.3 Å². The molecule has 0 saturated carbocycles. The Hall–Kier alpha value is -4.31. The van der Waals surface area contributed by atoms with Gasteiger partial charge in [-0.25, -0.2) is 19.1 Å². The minimum Gasteiger partial charge on any atom is -0.481 e. The van der Waals surface area contributed by atoms with E-state index in [4.69, 9.17) is 14.2 Å². The number of carboxylic acids is 1. The lowest BCUT2D eigenvalue weighted by atomic mass is 9.94. The molecule has 2 N–H and O–H groups in total. The van der Waals surface area contributed by atoms with Crippen LogP contribution in [0.3, 0.4) is 0 Å². The van der Waals surface area contributed by atoms with Gasteiger partial charge in [0.05, 0.1) is 35.3 Å². The summed E-state index contributed by atoms with van der Waals surface area (Å²) in [5, 5.41) is 20.0. The second-order valence-corrected chi connectivity index (χ2v) is 9.11. The van der Waals surface area contributed by atoms with Crippen molar-refractivity contribution in [1.29, 1.82) is 0 Å². The molecule has 0 fully saturated rings. The molecule has 9 nitrogen and oxygen atoms in total. The zero-order valence-electron chi connectivity index (χ0n) is 20.1. The van der Waals surface area contributed by atoms with Gasteiger partial charge < -0.3 is 19.7 Å². The summed E-state index contributed by atoms with van der Waals surface area (Å²) in [4.78, 5) is 21.0. The van der Waals surface area contributed by atoms with Gasteiger partial charge in [0.2, 0.25) is 5.88 Å². The number of benzene rings is 1. The molecule has 0 saturated heterocycles. The maximum absolute atomic E-state index is 11.8. The summed E-state index contributed by atoms with van der Waals surface area (Å²) in [6.45, 7) is 5.88. The number of methoxy groups -OCH3 is 1. The van der Waals surface area contributed by atoms with E-state index in [1.54, 1.807) is 18.4 Å². The smallest absolute Gasteiger partial charge is 0.356 e. The fourth-order valence-electron chi connectivity index (χ4n) is 4.24. The van der Waals surface area contributed by atoms with E-state index in [1.165, 1.54) is 18.6 Å². The first-order valence-electron chi connectivity index (χ1n) is 11.2. The van der Waals surface area contributed by atoms with Gasteiger partial charge in [0.25, 0.3) is 0 Å². The van der Waals surface area contributed by atoms with E-state index < -0.39 is 5.97 Å². The normalized spacial score (nSPS) is 12.0. The van der Waals surface area contributed by atoms with Crippen molar-refractivity contribution in [2.45, 2.75) is 26.8 Å². The first-order valence-corrected chi connectivity index (χ1v) is 12.0. The fourth-order valence-corrected chi connectivity index (χ4v) is 4.77. The average molecular weight is 502 g/mol. The topological polar surface area (TPSA) is 123 Å². The number of pyridine rings is 2. The standard InChI is InChI=1S/C26H23N5O4S/c1-13-7-17(14(2)28-21-5-6-23(34-4)30-25(21)26(32)33)19-9-18(16-10-27-36-12-16)24(29-22(19)8-13)20-11-35-31-15(20)3/h5-12,14,28H,1-4H3,(H,32,33). The lowest BCUT2D eigenvalue weighted by Gasteiger charge is -2.20. The van der Waals surface area contributed by atoms with Crippen LogP contribution in [0.15, 0.2) is 52.7 Å². The van der Waals surface area contributed by atoms with Crippen molar-refractivity contribution in [2.75, 3.05) is 12.4 Å². The van der Waals surface area contributed by atoms with E-state index in [-0.39, 0.29) is 17.6 Å². The quantitative estimate of drug-likeness (QED) is 0.280. The third-order valence-corrected chi connectivity index (χ3v) is 6.57. The Labute approximate surface area is 210 Å². The number of nitrogens with zero attached hydrogens (tertiary/aromatic N) is 4. The van der Waals surface area contributed by atoms with Gasteiger partial charge in [0.15, 0.2) is 5.69 Å². The van der Waals surface area contributed by atoms with Gasteiger partial charge in [-0.2, -0.15) is 0 Å². The number of aryl methyl sites for hydroxylation is 2. The molecule has 0 spiro atoms. The highest BCUT2D eigenvalue weighted by molar-refractivity contribution is 7.03. The molecule has 1 unspecified atom stereocenters. The van der Waals surface area contributed by atoms with E-state index in [1.807, 2.05) is 38.4 Å². The average Bonchev–Trinajstić information content (AvgIpc) is 3.54. The summed E-state index contributed by atoms with van der Waals surface area (Å²) in [7, 11) is 1.45. The number of aromatic nitrogens is 4. The molecule has 10 heteroatoms. The highest BCUT2D eigenvalue weighted by Crippen LogP contribution is 2.38. The first kappa shape index (κ1) is 23.4. The summed E-state index contributed by atoms with van der Waals surface area (Å²) in [6, 6.07) is 9.26. The van der Waals surface area contributed by atoms with Gasteiger partial charge in [-0.1, -0.05) is 11.2 Å². The van der Waals surface area contributed by atoms with Crippen molar-refractivity contribution in [2.24, 2.45) is 0 Å². The summed E-state index contributed by atoms with van der Waals surface area (Å²) in [5.74, 6) is -0.901. The second-order valence-electron chi connectivity index (χ2n) is 8.45. The van der Waals surface area contributed by atoms with Crippen LogP contribution >= 0.6 is 11.5 Å². The van der Waals surface area contributed by atoms with Crippen molar-refractivity contribution in [1.82, 2.24) is 19.5 Å². The van der Waals surface area contributed by atoms with Crippen LogP contribution in [0.25, 0.3) is 33.3 Å². The third kappa shape index (κ3) is 4.27. The molecule has 0 radical (unpaired) electrons. The Morgan fingerprint density at radius 1 is 1.17 bits per heavy atom. The molecular formula is C26H23N5O4S. The Morgan fingerprint density at radius 2 is 2.00 bits per heavy atom.